The van der Waals surface area contributed by atoms with Gasteiger partial charge in [-0.25, -0.2) is 4.79 Å². The van der Waals surface area contributed by atoms with Crippen LogP contribution in [0.15, 0.2) is 24.3 Å². The summed E-state index contributed by atoms with van der Waals surface area (Å²) in [7, 11) is 1.66. The molecule has 29 heavy (non-hydrogen) atoms. The molecule has 1 aromatic rings. The molecule has 4 rings (SSSR count). The lowest BCUT2D eigenvalue weighted by Gasteiger charge is -2.35. The fourth-order valence-electron chi connectivity index (χ4n) is 4.85. The van der Waals surface area contributed by atoms with E-state index < -0.39 is 11.6 Å². The SMILES string of the molecule is C[C@@H]1CC(=O)Nc2ccccc2N1C(=O)CN1C(=O)N(C)C2(CCCCC2)C1=O. The standard InChI is InChI=1S/C21H26N4O4/c1-14-12-17(26)22-15-8-4-5-9-16(15)25(14)18(27)13-24-19(28)21(23(2)20(24)29)10-6-3-7-11-21/h4-5,8-9,14H,3,6-7,10-13H2,1-2H3,(H,22,26)/t14-/m1/s1. The molecule has 3 aliphatic rings. The number of benzene rings is 1. The lowest BCUT2D eigenvalue weighted by atomic mass is 9.81. The summed E-state index contributed by atoms with van der Waals surface area (Å²) < 4.78 is 0. The number of hydrogen-bond donors (Lipinski definition) is 1. The third kappa shape index (κ3) is 3.07. The van der Waals surface area contributed by atoms with E-state index in [0.717, 1.165) is 24.2 Å². The Balaban J connectivity index is 1.61. The number of carbonyl (C=O) groups is 4. The highest BCUT2D eigenvalue weighted by Gasteiger charge is 2.56. The Morgan fingerprint density at radius 1 is 1.14 bits per heavy atom. The molecule has 0 unspecified atom stereocenters. The Labute approximate surface area is 169 Å². The number of carbonyl (C=O) groups excluding carboxylic acids is 4. The van der Waals surface area contributed by atoms with Crippen LogP contribution < -0.4 is 10.2 Å². The number of anilines is 2. The van der Waals surface area contributed by atoms with Crippen LogP contribution in [-0.4, -0.2) is 58.7 Å². The molecule has 8 heteroatoms. The molecule has 8 nitrogen and oxygen atoms in total. The van der Waals surface area contributed by atoms with E-state index >= 15 is 0 Å². The molecule has 2 heterocycles. The van der Waals surface area contributed by atoms with E-state index in [-0.39, 0.29) is 36.7 Å². The van der Waals surface area contributed by atoms with Crippen LogP contribution in [0.3, 0.4) is 0 Å². The minimum absolute atomic E-state index is 0.145. The first-order valence-electron chi connectivity index (χ1n) is 10.2. The molecule has 0 aromatic heterocycles. The summed E-state index contributed by atoms with van der Waals surface area (Å²) in [5, 5.41) is 2.81. The molecule has 1 saturated heterocycles. The topological polar surface area (TPSA) is 90.0 Å². The predicted molar refractivity (Wildman–Crippen MR) is 107 cm³/mol. The molecule has 1 saturated carbocycles. The van der Waals surface area contributed by atoms with Gasteiger partial charge in [0.1, 0.15) is 12.1 Å². The third-order valence-electron chi connectivity index (χ3n) is 6.41. The van der Waals surface area contributed by atoms with Gasteiger partial charge in [0.2, 0.25) is 11.8 Å². The first-order chi connectivity index (χ1) is 13.8. The summed E-state index contributed by atoms with van der Waals surface area (Å²) in [5.74, 6) is -0.818. The second-order valence-electron chi connectivity index (χ2n) is 8.21. The molecular formula is C21H26N4O4. The Morgan fingerprint density at radius 3 is 2.55 bits per heavy atom. The maximum absolute atomic E-state index is 13.3. The number of nitrogens with one attached hydrogen (secondary N) is 1. The lowest BCUT2D eigenvalue weighted by molar-refractivity contribution is -0.137. The minimum Gasteiger partial charge on any atom is -0.324 e. The van der Waals surface area contributed by atoms with Crippen LogP contribution >= 0.6 is 0 Å². The van der Waals surface area contributed by atoms with E-state index in [2.05, 4.69) is 5.32 Å². The molecule has 1 spiro atoms. The maximum Gasteiger partial charge on any atom is 0.327 e. The Bertz CT molecular complexity index is 877. The summed E-state index contributed by atoms with van der Waals surface area (Å²) in [6.45, 7) is 1.47. The highest BCUT2D eigenvalue weighted by atomic mass is 16.2. The maximum atomic E-state index is 13.3. The number of para-hydroxylation sites is 2. The normalized spacial score (nSPS) is 23.9. The van der Waals surface area contributed by atoms with E-state index in [0.29, 0.717) is 24.2 Å². The zero-order chi connectivity index (χ0) is 20.8. The van der Waals surface area contributed by atoms with Crippen LogP contribution in [0.4, 0.5) is 16.2 Å². The zero-order valence-corrected chi connectivity index (χ0v) is 16.8. The van der Waals surface area contributed by atoms with E-state index in [1.807, 2.05) is 0 Å². The number of hydrogen-bond acceptors (Lipinski definition) is 4. The average Bonchev–Trinajstić information content (AvgIpc) is 2.82. The van der Waals surface area contributed by atoms with Crippen molar-refractivity contribution in [2.24, 2.45) is 0 Å². The van der Waals surface area contributed by atoms with Crippen molar-refractivity contribution in [3.05, 3.63) is 24.3 Å². The average molecular weight is 398 g/mol. The number of likely N-dealkylation sites (N-methyl/N-ethyl adjacent to an activating group) is 1. The zero-order valence-electron chi connectivity index (χ0n) is 16.8. The number of amides is 5. The van der Waals surface area contributed by atoms with Crippen molar-refractivity contribution in [3.63, 3.8) is 0 Å². The lowest BCUT2D eigenvalue weighted by Crippen LogP contribution is -2.50. The summed E-state index contributed by atoms with van der Waals surface area (Å²) in [6.07, 6.45) is 4.27. The fourth-order valence-corrected chi connectivity index (χ4v) is 4.85. The van der Waals surface area contributed by atoms with Crippen LogP contribution in [0.1, 0.15) is 45.4 Å². The summed E-state index contributed by atoms with van der Waals surface area (Å²) >= 11 is 0. The molecule has 5 amide bonds. The Kier molecular flexibility index (Phi) is 4.80. The summed E-state index contributed by atoms with van der Waals surface area (Å²) in [4.78, 5) is 55.6. The van der Waals surface area contributed by atoms with Crippen LogP contribution in [0.2, 0.25) is 0 Å². The number of rotatable bonds is 2. The van der Waals surface area contributed by atoms with E-state index in [4.69, 9.17) is 0 Å². The van der Waals surface area contributed by atoms with Crippen molar-refractivity contribution in [1.82, 2.24) is 9.80 Å². The van der Waals surface area contributed by atoms with Gasteiger partial charge in [0.25, 0.3) is 5.91 Å². The molecule has 1 aromatic carbocycles. The van der Waals surface area contributed by atoms with Gasteiger partial charge in [-0.05, 0) is 31.9 Å². The number of fused-ring (bicyclic) bond motifs is 1. The van der Waals surface area contributed by atoms with Gasteiger partial charge in [-0.2, -0.15) is 0 Å². The van der Waals surface area contributed by atoms with E-state index in [1.54, 1.807) is 38.2 Å². The fraction of sp³-hybridized carbons (Fsp3) is 0.524. The highest BCUT2D eigenvalue weighted by molar-refractivity contribution is 6.11. The van der Waals surface area contributed by atoms with Crippen molar-refractivity contribution >= 4 is 35.1 Å². The van der Waals surface area contributed by atoms with Crippen molar-refractivity contribution < 1.29 is 19.2 Å². The highest BCUT2D eigenvalue weighted by Crippen LogP contribution is 2.39. The van der Waals surface area contributed by atoms with Gasteiger partial charge in [-0.3, -0.25) is 19.3 Å². The van der Waals surface area contributed by atoms with E-state index in [9.17, 15) is 19.2 Å². The Morgan fingerprint density at radius 2 is 1.83 bits per heavy atom. The molecule has 1 N–H and O–H groups in total. The molecule has 1 aliphatic carbocycles. The summed E-state index contributed by atoms with van der Waals surface area (Å²) in [5.41, 5.74) is 0.320. The molecule has 0 radical (unpaired) electrons. The predicted octanol–water partition coefficient (Wildman–Crippen LogP) is 2.35. The van der Waals surface area contributed by atoms with Crippen LogP contribution in [0, 0.1) is 0 Å². The quantitative estimate of drug-likeness (QED) is 0.775. The van der Waals surface area contributed by atoms with Gasteiger partial charge in [0.15, 0.2) is 0 Å². The first-order valence-corrected chi connectivity index (χ1v) is 10.2. The largest absolute Gasteiger partial charge is 0.327 e. The van der Waals surface area contributed by atoms with Crippen LogP contribution in [0.25, 0.3) is 0 Å². The monoisotopic (exact) mass is 398 g/mol. The Hall–Kier alpha value is -2.90. The van der Waals surface area contributed by atoms with E-state index in [1.165, 1.54) is 9.80 Å². The van der Waals surface area contributed by atoms with Crippen molar-refractivity contribution in [2.75, 3.05) is 23.8 Å². The molecular weight excluding hydrogens is 372 g/mol. The number of urea groups is 1. The van der Waals surface area contributed by atoms with Gasteiger partial charge in [0.05, 0.1) is 11.4 Å². The molecule has 1 atom stereocenters. The van der Waals surface area contributed by atoms with Crippen molar-refractivity contribution in [3.8, 4) is 0 Å². The van der Waals surface area contributed by atoms with Crippen LogP contribution in [0.5, 0.6) is 0 Å². The van der Waals surface area contributed by atoms with Gasteiger partial charge in [-0.1, -0.05) is 31.4 Å². The van der Waals surface area contributed by atoms with Crippen molar-refractivity contribution in [1.29, 1.82) is 0 Å². The van der Waals surface area contributed by atoms with Gasteiger partial charge in [0, 0.05) is 19.5 Å². The van der Waals surface area contributed by atoms with Gasteiger partial charge < -0.3 is 15.1 Å². The second-order valence-corrected chi connectivity index (χ2v) is 8.21. The van der Waals surface area contributed by atoms with Gasteiger partial charge in [-0.15, -0.1) is 0 Å². The third-order valence-corrected chi connectivity index (χ3v) is 6.41. The second kappa shape index (κ2) is 7.17. The van der Waals surface area contributed by atoms with Crippen molar-refractivity contribution in [2.45, 2.75) is 57.0 Å². The molecule has 154 valence electrons. The minimum atomic E-state index is -0.810. The van der Waals surface area contributed by atoms with Gasteiger partial charge >= 0.3 is 6.03 Å². The molecule has 2 fully saturated rings. The number of imide groups is 1. The summed E-state index contributed by atoms with van der Waals surface area (Å²) in [6, 6.07) is 6.27. The smallest absolute Gasteiger partial charge is 0.324 e. The van der Waals surface area contributed by atoms with Crippen LogP contribution in [-0.2, 0) is 14.4 Å². The number of nitrogens with zero attached hydrogens (tertiary/aromatic N) is 3. The molecule has 0 bridgehead atoms. The first kappa shape index (κ1) is 19.4. The molecule has 2 aliphatic heterocycles.